The molecule has 0 bridgehead atoms. The second-order valence-corrected chi connectivity index (χ2v) is 8.36. The molecule has 1 heterocycles. The average molecular weight is 500 g/mol. The molecule has 7 nitrogen and oxygen atoms in total. The topological polar surface area (TPSA) is 93.8 Å². The highest BCUT2D eigenvalue weighted by Crippen LogP contribution is 2.24. The Balaban J connectivity index is 1.25. The molecule has 0 fully saturated rings. The van der Waals surface area contributed by atoms with E-state index in [9.17, 15) is 9.59 Å². The normalized spacial score (nSPS) is 11.1. The van der Waals surface area contributed by atoms with Gasteiger partial charge in [0.05, 0.1) is 27.6 Å². The first kappa shape index (κ1) is 22.8. The fourth-order valence-corrected chi connectivity index (χ4v) is 3.59. The van der Waals surface area contributed by atoms with E-state index in [1.807, 2.05) is 24.3 Å². The molecule has 33 heavy (non-hydrogen) atoms. The van der Waals surface area contributed by atoms with Gasteiger partial charge in [-0.05, 0) is 60.2 Å². The number of carbonyl (C=O) groups excluding carboxylic acids is 2. The van der Waals surface area contributed by atoms with Crippen LogP contribution in [-0.4, -0.2) is 28.8 Å². The van der Waals surface area contributed by atoms with Gasteiger partial charge in [-0.25, -0.2) is 15.2 Å². The summed E-state index contributed by atoms with van der Waals surface area (Å²) in [6.45, 7) is 0. The molecule has 3 aromatic carbocycles. The monoisotopic (exact) mass is 499 g/mol. The molecule has 1 aromatic heterocycles. The number of benzene rings is 3. The summed E-state index contributed by atoms with van der Waals surface area (Å²) in [6, 6.07) is 18.5. The van der Waals surface area contributed by atoms with Gasteiger partial charge in [-0.3, -0.25) is 4.79 Å². The molecule has 1 amide bonds. The minimum atomic E-state index is -0.557. The van der Waals surface area contributed by atoms with Gasteiger partial charge in [-0.1, -0.05) is 47.1 Å². The summed E-state index contributed by atoms with van der Waals surface area (Å²) < 4.78 is 10.9. The number of fused-ring (bicyclic) bond motifs is 1. The number of rotatable bonds is 7. The van der Waals surface area contributed by atoms with Crippen LogP contribution in [0.25, 0.3) is 11.1 Å². The first-order chi connectivity index (χ1) is 16.0. The number of para-hydroxylation sites is 2. The minimum absolute atomic E-state index is 0.105. The smallest absolute Gasteiger partial charge is 0.343 e. The lowest BCUT2D eigenvalue weighted by Gasteiger charge is -2.05. The number of hydrogen-bond donors (Lipinski definition) is 1. The molecule has 0 aliphatic carbocycles. The SMILES string of the molecule is O=C(CSc1nc2ccccc2o1)N/N=C\c1ccc(OC(=O)c2ccc(Cl)c(Cl)c2)cc1. The van der Waals surface area contributed by atoms with Crippen LogP contribution in [0, 0.1) is 0 Å². The zero-order chi connectivity index (χ0) is 23.2. The highest BCUT2D eigenvalue weighted by Gasteiger charge is 2.11. The number of carbonyl (C=O) groups is 2. The van der Waals surface area contributed by atoms with Gasteiger partial charge < -0.3 is 9.15 Å². The molecular weight excluding hydrogens is 485 g/mol. The molecular formula is C23H15Cl2N3O4S. The Morgan fingerprint density at radius 2 is 1.85 bits per heavy atom. The average Bonchev–Trinajstić information content (AvgIpc) is 3.24. The van der Waals surface area contributed by atoms with Crippen molar-refractivity contribution >= 4 is 64.2 Å². The lowest BCUT2D eigenvalue weighted by molar-refractivity contribution is -0.118. The lowest BCUT2D eigenvalue weighted by Crippen LogP contribution is -2.19. The van der Waals surface area contributed by atoms with Crippen LogP contribution in [0.3, 0.4) is 0 Å². The number of nitrogens with zero attached hydrogens (tertiary/aromatic N) is 2. The van der Waals surface area contributed by atoms with Crippen molar-refractivity contribution in [3.63, 3.8) is 0 Å². The van der Waals surface area contributed by atoms with Crippen molar-refractivity contribution in [3.05, 3.63) is 87.9 Å². The van der Waals surface area contributed by atoms with Gasteiger partial charge in [0, 0.05) is 0 Å². The van der Waals surface area contributed by atoms with Crippen LogP contribution in [0.5, 0.6) is 5.75 Å². The Morgan fingerprint density at radius 3 is 2.61 bits per heavy atom. The van der Waals surface area contributed by atoms with Crippen LogP contribution >= 0.6 is 35.0 Å². The third kappa shape index (κ3) is 6.13. The van der Waals surface area contributed by atoms with Gasteiger partial charge in [0.2, 0.25) is 0 Å². The van der Waals surface area contributed by atoms with Crippen molar-refractivity contribution in [2.45, 2.75) is 5.22 Å². The molecule has 0 spiro atoms. The molecule has 4 aromatic rings. The zero-order valence-electron chi connectivity index (χ0n) is 16.8. The molecule has 0 saturated carbocycles. The maximum absolute atomic E-state index is 12.2. The Hall–Kier alpha value is -3.33. The number of amides is 1. The first-order valence-corrected chi connectivity index (χ1v) is 11.3. The van der Waals surface area contributed by atoms with Gasteiger partial charge in [0.1, 0.15) is 11.3 Å². The second-order valence-electron chi connectivity index (χ2n) is 6.62. The van der Waals surface area contributed by atoms with Gasteiger partial charge in [0.15, 0.2) is 5.58 Å². The van der Waals surface area contributed by atoms with E-state index in [1.165, 1.54) is 36.2 Å². The Kier molecular flexibility index (Phi) is 7.29. The van der Waals surface area contributed by atoms with Gasteiger partial charge >= 0.3 is 5.97 Å². The molecule has 4 rings (SSSR count). The van der Waals surface area contributed by atoms with Crippen molar-refractivity contribution in [1.29, 1.82) is 0 Å². The van der Waals surface area contributed by atoms with E-state index in [4.69, 9.17) is 32.4 Å². The summed E-state index contributed by atoms with van der Waals surface area (Å²) in [7, 11) is 0. The molecule has 0 aliphatic heterocycles. The highest BCUT2D eigenvalue weighted by molar-refractivity contribution is 7.99. The summed E-state index contributed by atoms with van der Waals surface area (Å²) in [5, 5.41) is 4.97. The van der Waals surface area contributed by atoms with E-state index in [0.717, 1.165) is 5.52 Å². The van der Waals surface area contributed by atoms with E-state index in [2.05, 4.69) is 15.5 Å². The number of thioether (sulfide) groups is 1. The summed E-state index contributed by atoms with van der Waals surface area (Å²) in [5.41, 5.74) is 4.85. The maximum Gasteiger partial charge on any atom is 0.343 e. The van der Waals surface area contributed by atoms with Gasteiger partial charge in [0.25, 0.3) is 11.1 Å². The van der Waals surface area contributed by atoms with Crippen molar-refractivity contribution in [2.75, 3.05) is 5.75 Å². The Morgan fingerprint density at radius 1 is 1.06 bits per heavy atom. The molecule has 0 saturated heterocycles. The number of nitrogens with one attached hydrogen (secondary N) is 1. The van der Waals surface area contributed by atoms with Crippen LogP contribution in [0.4, 0.5) is 0 Å². The second kappa shape index (κ2) is 10.5. The molecule has 0 aliphatic rings. The zero-order valence-corrected chi connectivity index (χ0v) is 19.2. The fraction of sp³-hybridized carbons (Fsp3) is 0.0435. The Labute approximate surface area is 202 Å². The maximum atomic E-state index is 12.2. The number of aromatic nitrogens is 1. The van der Waals surface area contributed by atoms with E-state index in [-0.39, 0.29) is 22.2 Å². The molecule has 0 atom stereocenters. The lowest BCUT2D eigenvalue weighted by atomic mass is 10.2. The molecule has 166 valence electrons. The standard InChI is InChI=1S/C23H15Cl2N3O4S/c24-17-10-7-15(11-18(17)25)22(30)31-16-8-5-14(6-9-16)12-26-28-21(29)13-33-23-27-19-3-1-2-4-20(19)32-23/h1-12H,13H2,(H,28,29)/b26-12-. The third-order valence-corrected chi connectivity index (χ3v) is 5.82. The van der Waals surface area contributed by atoms with E-state index in [0.29, 0.717) is 27.1 Å². The highest BCUT2D eigenvalue weighted by atomic mass is 35.5. The van der Waals surface area contributed by atoms with E-state index in [1.54, 1.807) is 24.3 Å². The number of halogens is 2. The predicted molar refractivity (Wildman–Crippen MR) is 128 cm³/mol. The largest absolute Gasteiger partial charge is 0.431 e. The van der Waals surface area contributed by atoms with Crippen molar-refractivity contribution in [3.8, 4) is 5.75 Å². The molecule has 1 N–H and O–H groups in total. The van der Waals surface area contributed by atoms with Crippen molar-refractivity contribution < 1.29 is 18.7 Å². The number of hydrogen-bond acceptors (Lipinski definition) is 7. The van der Waals surface area contributed by atoms with Gasteiger partial charge in [-0.15, -0.1) is 0 Å². The number of hydrazone groups is 1. The molecule has 10 heteroatoms. The van der Waals surface area contributed by atoms with Crippen LogP contribution in [-0.2, 0) is 4.79 Å². The molecule has 0 radical (unpaired) electrons. The summed E-state index contributed by atoms with van der Waals surface area (Å²) in [6.07, 6.45) is 1.48. The molecule has 0 unspecified atom stereocenters. The van der Waals surface area contributed by atoms with Crippen LogP contribution < -0.4 is 10.2 Å². The Bertz CT molecular complexity index is 1310. The van der Waals surface area contributed by atoms with E-state index >= 15 is 0 Å². The number of esters is 1. The van der Waals surface area contributed by atoms with Crippen LogP contribution in [0.1, 0.15) is 15.9 Å². The quantitative estimate of drug-likeness (QED) is 0.117. The first-order valence-electron chi connectivity index (χ1n) is 9.55. The fourth-order valence-electron chi connectivity index (χ4n) is 2.66. The minimum Gasteiger partial charge on any atom is -0.431 e. The summed E-state index contributed by atoms with van der Waals surface area (Å²) in [4.78, 5) is 28.5. The number of ether oxygens (including phenoxy) is 1. The van der Waals surface area contributed by atoms with E-state index < -0.39 is 5.97 Å². The summed E-state index contributed by atoms with van der Waals surface area (Å²) in [5.74, 6) is -0.403. The van der Waals surface area contributed by atoms with Crippen molar-refractivity contribution in [2.24, 2.45) is 5.10 Å². The van der Waals surface area contributed by atoms with Crippen LogP contribution in [0.15, 0.2) is 81.5 Å². The van der Waals surface area contributed by atoms with Gasteiger partial charge in [-0.2, -0.15) is 5.10 Å². The predicted octanol–water partition coefficient (Wildman–Crippen LogP) is 5.60. The summed E-state index contributed by atoms with van der Waals surface area (Å²) >= 11 is 13.0. The number of oxazole rings is 1. The third-order valence-electron chi connectivity index (χ3n) is 4.25. The van der Waals surface area contributed by atoms with Crippen molar-refractivity contribution in [1.82, 2.24) is 10.4 Å². The van der Waals surface area contributed by atoms with Crippen LogP contribution in [0.2, 0.25) is 10.0 Å².